The average molecular weight is 439 g/mol. The summed E-state index contributed by atoms with van der Waals surface area (Å²) in [6, 6.07) is 15.6. The zero-order chi connectivity index (χ0) is 23.3. The summed E-state index contributed by atoms with van der Waals surface area (Å²) in [5, 5.41) is 14.2. The van der Waals surface area contributed by atoms with Gasteiger partial charge in [-0.3, -0.25) is 9.59 Å². The molecule has 32 heavy (non-hydrogen) atoms. The highest BCUT2D eigenvalue weighted by atomic mass is 16.5. The van der Waals surface area contributed by atoms with Crippen LogP contribution in [0.25, 0.3) is 11.1 Å². The lowest BCUT2D eigenvalue weighted by atomic mass is 9.87. The van der Waals surface area contributed by atoms with E-state index >= 15 is 0 Å². The van der Waals surface area contributed by atoms with E-state index in [0.717, 1.165) is 22.3 Å². The number of hydrogen-bond donors (Lipinski definition) is 3. The first-order valence-corrected chi connectivity index (χ1v) is 10.7. The first-order chi connectivity index (χ1) is 15.1. The highest BCUT2D eigenvalue weighted by Gasteiger charge is 2.29. The number of nitrogens with one attached hydrogen (secondary N) is 2. The van der Waals surface area contributed by atoms with Crippen molar-refractivity contribution >= 4 is 18.0 Å². The fraction of sp³-hybridized carbons (Fsp3) is 0.400. The maximum atomic E-state index is 12.2. The first-order valence-electron chi connectivity index (χ1n) is 10.7. The molecule has 0 heterocycles. The molecule has 3 rings (SSSR count). The van der Waals surface area contributed by atoms with Gasteiger partial charge in [0.2, 0.25) is 5.91 Å². The van der Waals surface area contributed by atoms with Crippen LogP contribution in [-0.2, 0) is 14.3 Å². The summed E-state index contributed by atoms with van der Waals surface area (Å²) >= 11 is 0. The van der Waals surface area contributed by atoms with Gasteiger partial charge in [0.05, 0.1) is 6.42 Å². The lowest BCUT2D eigenvalue weighted by molar-refractivity contribution is -0.137. The summed E-state index contributed by atoms with van der Waals surface area (Å²) in [6.07, 6.45) is -0.350. The molecule has 0 saturated carbocycles. The van der Waals surface area contributed by atoms with Crippen molar-refractivity contribution in [3.8, 4) is 11.1 Å². The third-order valence-electron chi connectivity index (χ3n) is 5.38. The van der Waals surface area contributed by atoms with E-state index in [1.807, 2.05) is 57.2 Å². The van der Waals surface area contributed by atoms with E-state index in [4.69, 9.17) is 9.84 Å². The van der Waals surface area contributed by atoms with Gasteiger partial charge in [-0.1, -0.05) is 69.3 Å². The van der Waals surface area contributed by atoms with Crippen LogP contribution in [-0.4, -0.2) is 42.3 Å². The number of rotatable bonds is 8. The second kappa shape index (κ2) is 9.85. The number of carbonyl (C=O) groups is 3. The van der Waals surface area contributed by atoms with E-state index in [2.05, 4.69) is 22.8 Å². The number of carbonyl (C=O) groups excluding carboxylic acids is 2. The number of ether oxygens (including phenoxy) is 1. The Labute approximate surface area is 188 Å². The number of aliphatic carboxylic acids is 1. The molecular formula is C25H30N2O5. The molecule has 170 valence electrons. The van der Waals surface area contributed by atoms with Gasteiger partial charge in [0.25, 0.3) is 0 Å². The van der Waals surface area contributed by atoms with Gasteiger partial charge in [0.1, 0.15) is 13.2 Å². The third kappa shape index (κ3) is 6.09. The zero-order valence-electron chi connectivity index (χ0n) is 18.7. The first kappa shape index (κ1) is 23.3. The van der Waals surface area contributed by atoms with Gasteiger partial charge >= 0.3 is 12.1 Å². The molecule has 1 aliphatic rings. The summed E-state index contributed by atoms with van der Waals surface area (Å²) in [6.45, 7) is 5.80. The van der Waals surface area contributed by atoms with Gasteiger partial charge < -0.3 is 20.5 Å². The van der Waals surface area contributed by atoms with Crippen LogP contribution in [0.4, 0.5) is 4.79 Å². The molecule has 7 heteroatoms. The van der Waals surface area contributed by atoms with Crippen LogP contribution in [0.5, 0.6) is 0 Å². The van der Waals surface area contributed by atoms with Gasteiger partial charge in [-0.05, 0) is 34.1 Å². The molecule has 0 fully saturated rings. The maximum absolute atomic E-state index is 12.2. The van der Waals surface area contributed by atoms with Gasteiger partial charge in [-0.15, -0.1) is 0 Å². The van der Waals surface area contributed by atoms with E-state index in [9.17, 15) is 14.4 Å². The number of benzene rings is 2. The normalized spacial score (nSPS) is 13.6. The molecular weight excluding hydrogens is 408 g/mol. The Hall–Kier alpha value is -3.35. The summed E-state index contributed by atoms with van der Waals surface area (Å²) in [7, 11) is 0. The predicted molar refractivity (Wildman–Crippen MR) is 121 cm³/mol. The van der Waals surface area contributed by atoms with Gasteiger partial charge in [0, 0.05) is 12.0 Å². The van der Waals surface area contributed by atoms with Crippen molar-refractivity contribution in [2.75, 3.05) is 13.2 Å². The summed E-state index contributed by atoms with van der Waals surface area (Å²) < 4.78 is 5.42. The lowest BCUT2D eigenvalue weighted by Crippen LogP contribution is -2.44. The molecule has 0 bridgehead atoms. The topological polar surface area (TPSA) is 105 Å². The fourth-order valence-corrected chi connectivity index (χ4v) is 4.20. The standard InChI is InChI=1S/C25H30N2O5/c1-25(2,3)13-16(12-23(29)30)27-22(28)14-26-24(31)32-15-21-19-10-6-4-8-17(19)18-9-5-7-11-20(18)21/h4-11,16,21H,12-15H2,1-3H3,(H,26,31)(H,27,28)(H,29,30). The molecule has 1 atom stereocenters. The monoisotopic (exact) mass is 438 g/mol. The predicted octanol–water partition coefficient (Wildman–Crippen LogP) is 3.92. The molecule has 0 spiro atoms. The molecule has 2 amide bonds. The van der Waals surface area contributed by atoms with Crippen molar-refractivity contribution in [1.82, 2.24) is 10.6 Å². The Balaban J connectivity index is 1.52. The van der Waals surface area contributed by atoms with Crippen molar-refractivity contribution in [3.05, 3.63) is 59.7 Å². The van der Waals surface area contributed by atoms with Crippen LogP contribution >= 0.6 is 0 Å². The zero-order valence-corrected chi connectivity index (χ0v) is 18.7. The number of alkyl carbamates (subject to hydrolysis) is 1. The average Bonchev–Trinajstić information content (AvgIpc) is 3.03. The van der Waals surface area contributed by atoms with Crippen molar-refractivity contribution in [2.24, 2.45) is 5.41 Å². The highest BCUT2D eigenvalue weighted by molar-refractivity contribution is 5.83. The molecule has 0 aromatic heterocycles. The minimum absolute atomic E-state index is 0.0614. The number of carboxylic acid groups (broad SMARTS) is 1. The molecule has 0 saturated heterocycles. The van der Waals surface area contributed by atoms with E-state index in [0.29, 0.717) is 6.42 Å². The Bertz CT molecular complexity index is 950. The Morgan fingerprint density at radius 2 is 1.56 bits per heavy atom. The molecule has 0 aliphatic heterocycles. The number of hydrogen-bond acceptors (Lipinski definition) is 4. The van der Waals surface area contributed by atoms with Crippen LogP contribution < -0.4 is 10.6 Å². The van der Waals surface area contributed by atoms with Gasteiger partial charge in [-0.25, -0.2) is 4.79 Å². The molecule has 1 aliphatic carbocycles. The van der Waals surface area contributed by atoms with Crippen LogP contribution in [0.15, 0.2) is 48.5 Å². The smallest absolute Gasteiger partial charge is 0.407 e. The maximum Gasteiger partial charge on any atom is 0.407 e. The van der Waals surface area contributed by atoms with Crippen molar-refractivity contribution in [2.45, 2.75) is 45.6 Å². The van der Waals surface area contributed by atoms with Crippen LogP contribution in [0.1, 0.15) is 50.7 Å². The van der Waals surface area contributed by atoms with E-state index in [1.54, 1.807) is 0 Å². The van der Waals surface area contributed by atoms with Crippen molar-refractivity contribution in [1.29, 1.82) is 0 Å². The quantitative estimate of drug-likeness (QED) is 0.579. The fourth-order valence-electron chi connectivity index (χ4n) is 4.20. The summed E-state index contributed by atoms with van der Waals surface area (Å²) in [5.41, 5.74) is 4.35. The van der Waals surface area contributed by atoms with E-state index in [-0.39, 0.29) is 30.9 Å². The SMILES string of the molecule is CC(C)(C)CC(CC(=O)O)NC(=O)CNC(=O)OCC1c2ccccc2-c2ccccc21. The number of fused-ring (bicyclic) bond motifs is 3. The second-order valence-corrected chi connectivity index (χ2v) is 9.31. The van der Waals surface area contributed by atoms with Crippen LogP contribution in [0.2, 0.25) is 0 Å². The van der Waals surface area contributed by atoms with Crippen LogP contribution in [0.3, 0.4) is 0 Å². The summed E-state index contributed by atoms with van der Waals surface area (Å²) in [5.74, 6) is -1.49. The minimum Gasteiger partial charge on any atom is -0.481 e. The minimum atomic E-state index is -0.982. The largest absolute Gasteiger partial charge is 0.481 e. The molecule has 2 aromatic rings. The molecule has 7 nitrogen and oxygen atoms in total. The second-order valence-electron chi connectivity index (χ2n) is 9.31. The third-order valence-corrected chi connectivity index (χ3v) is 5.38. The van der Waals surface area contributed by atoms with Crippen molar-refractivity contribution < 1.29 is 24.2 Å². The summed E-state index contributed by atoms with van der Waals surface area (Å²) in [4.78, 5) is 35.5. The highest BCUT2D eigenvalue weighted by Crippen LogP contribution is 2.44. The Kier molecular flexibility index (Phi) is 7.18. The molecule has 0 radical (unpaired) electrons. The molecule has 3 N–H and O–H groups in total. The molecule has 1 unspecified atom stereocenters. The number of carboxylic acids is 1. The lowest BCUT2D eigenvalue weighted by Gasteiger charge is -2.25. The van der Waals surface area contributed by atoms with Gasteiger partial charge in [0.15, 0.2) is 0 Å². The van der Waals surface area contributed by atoms with E-state index in [1.165, 1.54) is 0 Å². The Morgan fingerprint density at radius 1 is 1.00 bits per heavy atom. The molecule has 2 aromatic carbocycles. The van der Waals surface area contributed by atoms with E-state index < -0.39 is 24.0 Å². The van der Waals surface area contributed by atoms with Crippen LogP contribution in [0, 0.1) is 5.41 Å². The van der Waals surface area contributed by atoms with Gasteiger partial charge in [-0.2, -0.15) is 0 Å². The Morgan fingerprint density at radius 3 is 2.09 bits per heavy atom. The van der Waals surface area contributed by atoms with Crippen molar-refractivity contribution in [3.63, 3.8) is 0 Å². The number of amides is 2.